The van der Waals surface area contributed by atoms with Crippen molar-refractivity contribution in [1.29, 1.82) is 0 Å². The van der Waals surface area contributed by atoms with Gasteiger partial charge in [-0.05, 0) is 37.1 Å². The van der Waals surface area contributed by atoms with Gasteiger partial charge in [0.25, 0.3) is 11.4 Å². The average Bonchev–Trinajstić information content (AvgIpc) is 3.40. The van der Waals surface area contributed by atoms with E-state index < -0.39 is 16.0 Å². The van der Waals surface area contributed by atoms with E-state index in [1.807, 2.05) is 0 Å². The summed E-state index contributed by atoms with van der Waals surface area (Å²) in [4.78, 5) is 29.8. The van der Waals surface area contributed by atoms with Gasteiger partial charge in [-0.2, -0.15) is 0 Å². The van der Waals surface area contributed by atoms with Gasteiger partial charge in [0.2, 0.25) is 0 Å². The molecular formula is C22H25BrMgN2O9. The molecule has 1 heterocycles. The molecule has 2 aromatic rings. The molecule has 0 aliphatic carbocycles. The van der Waals surface area contributed by atoms with Crippen molar-refractivity contribution in [1.82, 2.24) is 0 Å². The SMILES string of the molecule is C1CCOC1.C=CC(O)c1cc(O)ccc1[N+](=O)[O-].O=Cc1cc(O)ccc1[N+](=O)[O-].[Br-].[CH-]=C.[Mg+2]. The smallest absolute Gasteiger partial charge is 1.00 e. The second kappa shape index (κ2) is 20.5. The van der Waals surface area contributed by atoms with Crippen molar-refractivity contribution in [3.8, 4) is 11.5 Å². The number of phenolic OH excluding ortho intramolecular Hbond substituents is 2. The molecule has 0 radical (unpaired) electrons. The molecular weight excluding hydrogens is 540 g/mol. The number of nitrogens with zero attached hydrogens (tertiary/aromatic N) is 2. The number of carbonyl (C=O) groups excluding carboxylic acids is 1. The van der Waals surface area contributed by atoms with Gasteiger partial charge in [0.05, 0.1) is 21.0 Å². The fourth-order valence-corrected chi connectivity index (χ4v) is 2.38. The Labute approximate surface area is 229 Å². The summed E-state index contributed by atoms with van der Waals surface area (Å²) >= 11 is 0. The monoisotopic (exact) mass is 564 g/mol. The number of nitro groups is 2. The number of hydrogen-bond acceptors (Lipinski definition) is 9. The summed E-state index contributed by atoms with van der Waals surface area (Å²) in [6.45, 7) is 12.3. The van der Waals surface area contributed by atoms with Crippen LogP contribution in [-0.2, 0) is 4.74 Å². The largest absolute Gasteiger partial charge is 2.00 e. The first kappa shape index (κ1) is 36.7. The minimum atomic E-state index is -1.15. The number of carbonyl (C=O) groups is 1. The molecule has 35 heavy (non-hydrogen) atoms. The van der Waals surface area contributed by atoms with Crippen molar-refractivity contribution in [2.75, 3.05) is 13.2 Å². The molecule has 1 aliphatic rings. The summed E-state index contributed by atoms with van der Waals surface area (Å²) in [5, 5.41) is 48.1. The minimum absolute atomic E-state index is 0. The van der Waals surface area contributed by atoms with Crippen LogP contribution in [0.15, 0.2) is 55.6 Å². The number of nitro benzene ring substituents is 2. The van der Waals surface area contributed by atoms with Gasteiger partial charge in [-0.15, -0.1) is 6.58 Å². The minimum Gasteiger partial charge on any atom is -1.00 e. The van der Waals surface area contributed by atoms with E-state index >= 15 is 0 Å². The van der Waals surface area contributed by atoms with Gasteiger partial charge in [0, 0.05) is 25.3 Å². The third kappa shape index (κ3) is 13.6. The quantitative estimate of drug-likeness (QED) is 0.118. The molecule has 1 atom stereocenters. The number of aliphatic hydroxyl groups is 1. The van der Waals surface area contributed by atoms with E-state index in [1.54, 1.807) is 0 Å². The van der Waals surface area contributed by atoms with Crippen LogP contribution < -0.4 is 17.0 Å². The Morgan fingerprint density at radius 1 is 0.971 bits per heavy atom. The molecule has 1 unspecified atom stereocenters. The van der Waals surface area contributed by atoms with Gasteiger partial charge in [0.1, 0.15) is 17.6 Å². The Morgan fingerprint density at radius 3 is 1.80 bits per heavy atom. The van der Waals surface area contributed by atoms with Crippen molar-refractivity contribution < 1.29 is 51.7 Å². The number of aldehydes is 1. The predicted molar refractivity (Wildman–Crippen MR) is 126 cm³/mol. The zero-order valence-electron chi connectivity index (χ0n) is 18.8. The van der Waals surface area contributed by atoms with Crippen molar-refractivity contribution >= 4 is 40.7 Å². The summed E-state index contributed by atoms with van der Waals surface area (Å²) in [7, 11) is 0. The van der Waals surface area contributed by atoms with Crippen LogP contribution >= 0.6 is 0 Å². The van der Waals surface area contributed by atoms with E-state index in [1.165, 1.54) is 18.9 Å². The van der Waals surface area contributed by atoms with Crippen LogP contribution in [0.2, 0.25) is 0 Å². The first-order chi connectivity index (χ1) is 15.7. The first-order valence-corrected chi connectivity index (χ1v) is 9.40. The fraction of sp³-hybridized carbons (Fsp3) is 0.227. The third-order valence-corrected chi connectivity index (χ3v) is 3.91. The number of ether oxygens (including phenoxy) is 1. The van der Waals surface area contributed by atoms with E-state index in [0.717, 1.165) is 49.6 Å². The van der Waals surface area contributed by atoms with E-state index in [4.69, 9.17) is 14.9 Å². The second-order valence-electron chi connectivity index (χ2n) is 6.12. The normalized spacial score (nSPS) is 11.6. The number of hydrogen-bond donors (Lipinski definition) is 3. The molecule has 0 amide bonds. The zero-order valence-corrected chi connectivity index (χ0v) is 21.8. The molecule has 13 heteroatoms. The molecule has 1 fully saturated rings. The summed E-state index contributed by atoms with van der Waals surface area (Å²) in [6.07, 6.45) is 2.89. The average molecular weight is 566 g/mol. The predicted octanol–water partition coefficient (Wildman–Crippen LogP) is 0.658. The van der Waals surface area contributed by atoms with Gasteiger partial charge in [-0.25, -0.2) is 0 Å². The number of rotatable bonds is 5. The van der Waals surface area contributed by atoms with Crippen LogP contribution in [-0.4, -0.2) is 67.7 Å². The van der Waals surface area contributed by atoms with E-state index in [2.05, 4.69) is 19.7 Å². The maximum absolute atomic E-state index is 10.5. The maximum atomic E-state index is 10.5. The van der Waals surface area contributed by atoms with Gasteiger partial charge in [-0.1, -0.05) is 6.08 Å². The molecule has 0 aromatic heterocycles. The molecule has 11 nitrogen and oxygen atoms in total. The number of aromatic hydroxyl groups is 2. The maximum Gasteiger partial charge on any atom is 2.00 e. The molecule has 0 bridgehead atoms. The van der Waals surface area contributed by atoms with Crippen molar-refractivity contribution in [2.45, 2.75) is 18.9 Å². The molecule has 0 saturated carbocycles. The summed E-state index contributed by atoms with van der Waals surface area (Å²) in [5.74, 6) is -0.297. The molecule has 3 N–H and O–H groups in total. The Balaban J connectivity index is -0.000000443. The Morgan fingerprint density at radius 2 is 1.43 bits per heavy atom. The standard InChI is InChI=1S/C9H9NO4.C7H5NO4.C4H8O.C2H3.BrH.Mg/c1-2-9(12)7-5-6(11)3-4-8(7)10(13)14;9-4-5-3-6(10)1-2-7(5)8(11)12;1-2-4-5-3-1;1-2;;/h2-5,9,11-12H,1H2;1-4,10H;1-4H2;1H,2H2;1H;/q;;;-1;;+2/p-1. The zero-order chi connectivity index (χ0) is 25.4. The van der Waals surface area contributed by atoms with Crippen LogP contribution in [0.25, 0.3) is 0 Å². The van der Waals surface area contributed by atoms with Crippen LogP contribution in [0, 0.1) is 26.8 Å². The van der Waals surface area contributed by atoms with Crippen molar-refractivity contribution in [3.05, 3.63) is 93.6 Å². The molecule has 1 aliphatic heterocycles. The topological polar surface area (TPSA) is 173 Å². The molecule has 2 aromatic carbocycles. The van der Waals surface area contributed by atoms with E-state index in [0.29, 0.717) is 6.29 Å². The van der Waals surface area contributed by atoms with E-state index in [-0.39, 0.29) is 74.0 Å². The van der Waals surface area contributed by atoms with Crippen molar-refractivity contribution in [3.63, 3.8) is 0 Å². The number of benzene rings is 2. The molecule has 3 rings (SSSR count). The fourth-order valence-electron chi connectivity index (χ4n) is 2.38. The molecule has 186 valence electrons. The van der Waals surface area contributed by atoms with Gasteiger partial charge < -0.3 is 43.6 Å². The number of phenols is 2. The van der Waals surface area contributed by atoms with Crippen LogP contribution in [0.1, 0.15) is 34.9 Å². The number of aliphatic hydroxyl groups excluding tert-OH is 1. The van der Waals surface area contributed by atoms with E-state index in [9.17, 15) is 30.1 Å². The Kier molecular flexibility index (Phi) is 21.5. The Bertz CT molecular complexity index is 949. The van der Waals surface area contributed by atoms with Crippen molar-refractivity contribution in [2.24, 2.45) is 0 Å². The third-order valence-electron chi connectivity index (χ3n) is 3.91. The summed E-state index contributed by atoms with van der Waals surface area (Å²) in [5.41, 5.74) is -0.636. The summed E-state index contributed by atoms with van der Waals surface area (Å²) in [6, 6.07) is 6.76. The number of halogens is 1. The van der Waals surface area contributed by atoms with Gasteiger partial charge >= 0.3 is 23.1 Å². The van der Waals surface area contributed by atoms with Crippen LogP contribution in [0.4, 0.5) is 11.4 Å². The first-order valence-electron chi connectivity index (χ1n) is 9.40. The summed E-state index contributed by atoms with van der Waals surface area (Å²) < 4.78 is 4.94. The van der Waals surface area contributed by atoms with Gasteiger partial charge in [-0.3, -0.25) is 31.6 Å². The molecule has 1 saturated heterocycles. The van der Waals surface area contributed by atoms with Crippen LogP contribution in [0.5, 0.6) is 11.5 Å². The van der Waals surface area contributed by atoms with Crippen LogP contribution in [0.3, 0.4) is 0 Å². The molecule has 0 spiro atoms. The van der Waals surface area contributed by atoms with Gasteiger partial charge in [0.15, 0.2) is 6.29 Å². The second-order valence-corrected chi connectivity index (χ2v) is 6.12. The Hall–Kier alpha value is -2.84.